The van der Waals surface area contributed by atoms with Gasteiger partial charge < -0.3 is 0 Å². The molecule has 1 aliphatic rings. The van der Waals surface area contributed by atoms with E-state index in [1.54, 1.807) is 24.3 Å². The van der Waals surface area contributed by atoms with Crippen molar-refractivity contribution in [2.75, 3.05) is 10.3 Å². The fourth-order valence-corrected chi connectivity index (χ4v) is 1.02. The summed E-state index contributed by atoms with van der Waals surface area (Å²) in [5, 5.41) is 19.6. The van der Waals surface area contributed by atoms with Gasteiger partial charge in [-0.15, -0.1) is 0 Å². The molecular formula is C6H7N3O2. The van der Waals surface area contributed by atoms with E-state index in [1.165, 1.54) is 0 Å². The van der Waals surface area contributed by atoms with E-state index in [-0.39, 0.29) is 0 Å². The molecule has 1 heterocycles. The van der Waals surface area contributed by atoms with E-state index in [2.05, 4.69) is 5.53 Å². The fourth-order valence-electron chi connectivity index (χ4n) is 1.02. The van der Waals surface area contributed by atoms with Gasteiger partial charge in [0.2, 0.25) is 0 Å². The van der Waals surface area contributed by atoms with Crippen LogP contribution in [0.5, 0.6) is 0 Å². The highest BCUT2D eigenvalue weighted by Crippen LogP contribution is 2.29. The highest BCUT2D eigenvalue weighted by Gasteiger charge is 2.21. The summed E-state index contributed by atoms with van der Waals surface area (Å²) in [6, 6.07) is 6.89. The monoisotopic (exact) mass is 153 g/mol. The average molecular weight is 153 g/mol. The van der Waals surface area contributed by atoms with Crippen molar-refractivity contribution in [3.63, 3.8) is 0 Å². The predicted molar refractivity (Wildman–Crippen MR) is 38.1 cm³/mol. The Kier molecular flexibility index (Phi) is 1.22. The number of hydrazine groups is 2. The quantitative estimate of drug-likeness (QED) is 0.507. The molecule has 5 nitrogen and oxygen atoms in total. The Bertz CT molecular complexity index is 251. The molecule has 0 amide bonds. The molecule has 0 spiro atoms. The van der Waals surface area contributed by atoms with Crippen LogP contribution < -0.4 is 15.9 Å². The smallest absolute Gasteiger partial charge is 0.111 e. The summed E-state index contributed by atoms with van der Waals surface area (Å²) in [6.45, 7) is 0. The molecule has 1 aliphatic heterocycles. The lowest BCUT2D eigenvalue weighted by molar-refractivity contribution is 0.144. The van der Waals surface area contributed by atoms with Gasteiger partial charge in [-0.25, -0.2) is 0 Å². The van der Waals surface area contributed by atoms with Crippen molar-refractivity contribution in [3.05, 3.63) is 24.3 Å². The minimum atomic E-state index is 0.523. The predicted octanol–water partition coefficient (Wildman–Crippen LogP) is 0.511. The lowest BCUT2D eigenvalue weighted by Gasteiger charge is -2.09. The van der Waals surface area contributed by atoms with Crippen LogP contribution in [-0.2, 0) is 0 Å². The van der Waals surface area contributed by atoms with Crippen molar-refractivity contribution in [1.82, 2.24) is 5.53 Å². The third kappa shape index (κ3) is 0.829. The van der Waals surface area contributed by atoms with Crippen molar-refractivity contribution in [2.45, 2.75) is 0 Å². The number of fused-ring (bicyclic) bond motifs is 1. The minimum Gasteiger partial charge on any atom is -0.271 e. The van der Waals surface area contributed by atoms with Gasteiger partial charge in [0.05, 0.1) is 0 Å². The van der Waals surface area contributed by atoms with Crippen LogP contribution in [-0.4, -0.2) is 10.4 Å². The van der Waals surface area contributed by atoms with Gasteiger partial charge in [-0.05, 0) is 12.1 Å². The van der Waals surface area contributed by atoms with E-state index in [1.807, 2.05) is 0 Å². The number of para-hydroxylation sites is 2. The molecule has 0 aromatic heterocycles. The third-order valence-corrected chi connectivity index (χ3v) is 1.53. The van der Waals surface area contributed by atoms with Gasteiger partial charge in [0, 0.05) is 0 Å². The van der Waals surface area contributed by atoms with Crippen LogP contribution >= 0.6 is 0 Å². The Morgan fingerprint density at radius 1 is 1.00 bits per heavy atom. The van der Waals surface area contributed by atoms with Crippen LogP contribution in [0.25, 0.3) is 0 Å². The number of nitrogens with zero attached hydrogens (tertiary/aromatic N) is 2. The van der Waals surface area contributed by atoms with Gasteiger partial charge >= 0.3 is 0 Å². The first-order valence-corrected chi connectivity index (χ1v) is 3.12. The van der Waals surface area contributed by atoms with Gasteiger partial charge in [0.1, 0.15) is 11.4 Å². The number of anilines is 2. The topological polar surface area (TPSA) is 59.0 Å². The zero-order valence-corrected chi connectivity index (χ0v) is 5.60. The molecule has 0 unspecified atom stereocenters. The Balaban J connectivity index is 2.52. The molecule has 0 bridgehead atoms. The SMILES string of the molecule is ON1NN(O)c2ccccc21. The largest absolute Gasteiger partial charge is 0.271 e. The maximum Gasteiger partial charge on any atom is 0.111 e. The molecule has 1 aromatic rings. The van der Waals surface area contributed by atoms with Crippen molar-refractivity contribution < 1.29 is 10.4 Å². The number of nitrogens with one attached hydrogen (secondary N) is 1. The van der Waals surface area contributed by atoms with Crippen molar-refractivity contribution in [3.8, 4) is 0 Å². The van der Waals surface area contributed by atoms with Crippen molar-refractivity contribution in [2.24, 2.45) is 0 Å². The molecule has 2 rings (SSSR count). The lowest BCUT2D eigenvalue weighted by atomic mass is 10.3. The summed E-state index contributed by atoms with van der Waals surface area (Å²) in [7, 11) is 0. The molecule has 0 radical (unpaired) electrons. The standard InChI is InChI=1S/C6H7N3O2/c10-8-5-3-1-2-4-6(5)9(11)7-8/h1-4,7,10-11H. The zero-order chi connectivity index (χ0) is 7.84. The van der Waals surface area contributed by atoms with E-state index in [4.69, 9.17) is 10.4 Å². The highest BCUT2D eigenvalue weighted by molar-refractivity contribution is 5.71. The molecule has 0 saturated heterocycles. The summed E-state index contributed by atoms with van der Waals surface area (Å²) in [5.41, 5.74) is 3.31. The zero-order valence-electron chi connectivity index (χ0n) is 5.60. The maximum absolute atomic E-state index is 9.07. The Hall–Kier alpha value is -1.30. The van der Waals surface area contributed by atoms with Crippen LogP contribution in [0.2, 0.25) is 0 Å². The lowest BCUT2D eigenvalue weighted by Crippen LogP contribution is -2.40. The van der Waals surface area contributed by atoms with Crippen LogP contribution in [0.1, 0.15) is 0 Å². The van der Waals surface area contributed by atoms with E-state index in [0.29, 0.717) is 11.4 Å². The fraction of sp³-hybridized carbons (Fsp3) is 0. The van der Waals surface area contributed by atoms with Gasteiger partial charge in [-0.3, -0.25) is 10.4 Å². The summed E-state index contributed by atoms with van der Waals surface area (Å²) in [4.78, 5) is 0. The first-order valence-electron chi connectivity index (χ1n) is 3.12. The van der Waals surface area contributed by atoms with E-state index < -0.39 is 0 Å². The van der Waals surface area contributed by atoms with Gasteiger partial charge in [0.25, 0.3) is 0 Å². The summed E-state index contributed by atoms with van der Waals surface area (Å²) < 4.78 is 0. The number of benzene rings is 1. The molecule has 0 fully saturated rings. The van der Waals surface area contributed by atoms with Crippen LogP contribution in [0.3, 0.4) is 0 Å². The molecule has 0 saturated carbocycles. The van der Waals surface area contributed by atoms with Crippen LogP contribution in [0, 0.1) is 0 Å². The molecular weight excluding hydrogens is 146 g/mol. The molecule has 3 N–H and O–H groups in total. The number of rotatable bonds is 0. The van der Waals surface area contributed by atoms with E-state index in [9.17, 15) is 0 Å². The summed E-state index contributed by atoms with van der Waals surface area (Å²) in [6.07, 6.45) is 0. The van der Waals surface area contributed by atoms with Crippen molar-refractivity contribution >= 4 is 11.4 Å². The Morgan fingerprint density at radius 2 is 1.45 bits per heavy atom. The summed E-state index contributed by atoms with van der Waals surface area (Å²) >= 11 is 0. The second-order valence-electron chi connectivity index (χ2n) is 2.21. The molecule has 1 aromatic carbocycles. The van der Waals surface area contributed by atoms with E-state index >= 15 is 0 Å². The normalized spacial score (nSPS) is 15.5. The average Bonchev–Trinajstić information content (AvgIpc) is 2.30. The highest BCUT2D eigenvalue weighted by atomic mass is 16.6. The van der Waals surface area contributed by atoms with Gasteiger partial charge in [-0.1, -0.05) is 17.7 Å². The third-order valence-electron chi connectivity index (χ3n) is 1.53. The van der Waals surface area contributed by atoms with Gasteiger partial charge in [-0.2, -0.15) is 10.3 Å². The molecule has 11 heavy (non-hydrogen) atoms. The first kappa shape index (κ1) is 6.41. The maximum atomic E-state index is 9.07. The molecule has 0 atom stereocenters. The Morgan fingerprint density at radius 3 is 1.91 bits per heavy atom. The molecule has 5 heteroatoms. The molecule has 58 valence electrons. The Labute approximate surface area is 62.9 Å². The number of hydrogen-bond acceptors (Lipinski definition) is 5. The first-order chi connectivity index (χ1) is 5.29. The van der Waals surface area contributed by atoms with Crippen molar-refractivity contribution in [1.29, 1.82) is 0 Å². The summed E-state index contributed by atoms with van der Waals surface area (Å²) in [5.74, 6) is 0. The minimum absolute atomic E-state index is 0.523. The number of hydrogen-bond donors (Lipinski definition) is 3. The van der Waals surface area contributed by atoms with Gasteiger partial charge in [0.15, 0.2) is 0 Å². The van der Waals surface area contributed by atoms with Crippen LogP contribution in [0.15, 0.2) is 24.3 Å². The van der Waals surface area contributed by atoms with Crippen LogP contribution in [0.4, 0.5) is 11.4 Å². The molecule has 0 aliphatic carbocycles. The van der Waals surface area contributed by atoms with E-state index in [0.717, 1.165) is 10.3 Å². The second kappa shape index (κ2) is 2.09. The second-order valence-corrected chi connectivity index (χ2v) is 2.21.